The summed E-state index contributed by atoms with van der Waals surface area (Å²) in [5.74, 6) is 0.114. The molecule has 1 aliphatic rings. The van der Waals surface area contributed by atoms with Crippen molar-refractivity contribution in [3.8, 4) is 0 Å². The molecule has 6 heteroatoms. The summed E-state index contributed by atoms with van der Waals surface area (Å²) in [5.41, 5.74) is 2.03. The van der Waals surface area contributed by atoms with E-state index in [9.17, 15) is 9.59 Å². The Morgan fingerprint density at radius 1 is 1.21 bits per heavy atom. The molecule has 2 heterocycles. The summed E-state index contributed by atoms with van der Waals surface area (Å²) in [7, 11) is 0. The van der Waals surface area contributed by atoms with Crippen LogP contribution in [0.25, 0.3) is 0 Å². The summed E-state index contributed by atoms with van der Waals surface area (Å²) in [6.07, 6.45) is 1.10. The number of hydrogen-bond donors (Lipinski definition) is 3. The summed E-state index contributed by atoms with van der Waals surface area (Å²) in [6.45, 7) is 4.23. The molecule has 0 saturated carbocycles. The van der Waals surface area contributed by atoms with Crippen LogP contribution in [-0.4, -0.2) is 17.1 Å². The van der Waals surface area contributed by atoms with Gasteiger partial charge in [0.1, 0.15) is 12.3 Å². The number of pyridine rings is 1. The number of fused-ring (bicyclic) bond motifs is 1. The lowest BCUT2D eigenvalue weighted by atomic mass is 9.85. The molecule has 1 amide bonds. The van der Waals surface area contributed by atoms with Crippen molar-refractivity contribution in [3.63, 3.8) is 0 Å². The molecule has 2 aromatic rings. The maximum Gasteiger partial charge on any atom is 0.407 e. The van der Waals surface area contributed by atoms with Gasteiger partial charge in [0.05, 0.1) is 6.04 Å². The largest absolute Gasteiger partial charge is 0.445 e. The summed E-state index contributed by atoms with van der Waals surface area (Å²) >= 11 is 0. The first-order valence-corrected chi connectivity index (χ1v) is 8.01. The molecule has 0 aliphatic carbocycles. The lowest BCUT2D eigenvalue weighted by Gasteiger charge is -2.36. The minimum Gasteiger partial charge on any atom is -0.445 e. The third-order valence-corrected chi connectivity index (χ3v) is 4.50. The summed E-state index contributed by atoms with van der Waals surface area (Å²) < 4.78 is 5.30. The van der Waals surface area contributed by atoms with Crippen molar-refractivity contribution in [3.05, 3.63) is 64.1 Å². The van der Waals surface area contributed by atoms with E-state index in [2.05, 4.69) is 15.6 Å². The number of nitrogens with one attached hydrogen (secondary N) is 3. The summed E-state index contributed by atoms with van der Waals surface area (Å²) in [5, 5.41) is 6.10. The lowest BCUT2D eigenvalue weighted by Crippen LogP contribution is -2.44. The Morgan fingerprint density at radius 2 is 1.96 bits per heavy atom. The molecule has 1 aromatic heterocycles. The van der Waals surface area contributed by atoms with E-state index in [1.807, 2.05) is 50.2 Å². The molecule has 3 rings (SSSR count). The van der Waals surface area contributed by atoms with Gasteiger partial charge in [0.15, 0.2) is 0 Å². The zero-order chi connectivity index (χ0) is 17.1. The normalized spacial score (nSPS) is 22.2. The fourth-order valence-electron chi connectivity index (χ4n) is 2.93. The highest BCUT2D eigenvalue weighted by Gasteiger charge is 2.34. The maximum absolute atomic E-state index is 12.2. The summed E-state index contributed by atoms with van der Waals surface area (Å²) in [4.78, 5) is 26.8. The van der Waals surface area contributed by atoms with Gasteiger partial charge in [-0.2, -0.15) is 0 Å². The topological polar surface area (TPSA) is 83.2 Å². The number of carbonyl (C=O) groups is 1. The van der Waals surface area contributed by atoms with Crippen LogP contribution >= 0.6 is 0 Å². The van der Waals surface area contributed by atoms with E-state index in [1.165, 1.54) is 0 Å². The zero-order valence-electron chi connectivity index (χ0n) is 13.7. The van der Waals surface area contributed by atoms with Crippen molar-refractivity contribution in [1.82, 2.24) is 10.3 Å². The van der Waals surface area contributed by atoms with Gasteiger partial charge in [0, 0.05) is 23.7 Å². The second-order valence-electron chi connectivity index (χ2n) is 6.11. The molecule has 3 atom stereocenters. The number of rotatable bonds is 3. The number of hydrogen-bond acceptors (Lipinski definition) is 4. The number of ether oxygens (including phenoxy) is 1. The molecule has 3 N–H and O–H groups in total. The molecular formula is C18H21N3O3. The van der Waals surface area contributed by atoms with Crippen LogP contribution in [0.2, 0.25) is 0 Å². The minimum absolute atomic E-state index is 0.0559. The van der Waals surface area contributed by atoms with Crippen LogP contribution in [0.3, 0.4) is 0 Å². The Kier molecular flexibility index (Phi) is 4.55. The molecule has 1 unspecified atom stereocenters. The molecule has 0 saturated heterocycles. The number of anilines is 1. The average molecular weight is 327 g/mol. The number of alkyl carbamates (subject to hydrolysis) is 1. The number of amides is 1. The van der Waals surface area contributed by atoms with Gasteiger partial charge in [-0.15, -0.1) is 0 Å². The minimum atomic E-state index is -0.490. The predicted octanol–water partition coefficient (Wildman–Crippen LogP) is 2.79. The monoisotopic (exact) mass is 327 g/mol. The van der Waals surface area contributed by atoms with Gasteiger partial charge in [-0.05, 0) is 18.6 Å². The first kappa shape index (κ1) is 16.1. The van der Waals surface area contributed by atoms with Gasteiger partial charge in [-0.3, -0.25) is 4.79 Å². The Hall–Kier alpha value is -2.76. The van der Waals surface area contributed by atoms with Gasteiger partial charge >= 0.3 is 6.09 Å². The highest BCUT2D eigenvalue weighted by atomic mass is 16.5. The van der Waals surface area contributed by atoms with Gasteiger partial charge in [-0.25, -0.2) is 4.79 Å². The molecule has 126 valence electrons. The Labute approximate surface area is 140 Å². The molecule has 1 aliphatic heterocycles. The highest BCUT2D eigenvalue weighted by molar-refractivity contribution is 5.69. The van der Waals surface area contributed by atoms with Crippen molar-refractivity contribution in [2.75, 3.05) is 5.32 Å². The molecule has 24 heavy (non-hydrogen) atoms. The van der Waals surface area contributed by atoms with E-state index in [4.69, 9.17) is 4.74 Å². The van der Waals surface area contributed by atoms with Gasteiger partial charge < -0.3 is 20.4 Å². The van der Waals surface area contributed by atoms with Crippen LogP contribution < -0.4 is 16.2 Å². The third kappa shape index (κ3) is 3.27. The van der Waals surface area contributed by atoms with E-state index < -0.39 is 6.09 Å². The quantitative estimate of drug-likeness (QED) is 0.809. The molecule has 6 nitrogen and oxygen atoms in total. The Balaban J connectivity index is 1.73. The second kappa shape index (κ2) is 6.78. The smallest absolute Gasteiger partial charge is 0.407 e. The van der Waals surface area contributed by atoms with Crippen molar-refractivity contribution in [2.45, 2.75) is 32.5 Å². The van der Waals surface area contributed by atoms with Crippen LogP contribution in [0.1, 0.15) is 31.0 Å². The molecule has 0 bridgehead atoms. The number of benzene rings is 1. The molecule has 0 radical (unpaired) electrons. The third-order valence-electron chi connectivity index (χ3n) is 4.50. The summed E-state index contributed by atoms with van der Waals surface area (Å²) in [6, 6.07) is 11.1. The number of H-pyrrole nitrogens is 1. The van der Waals surface area contributed by atoms with Crippen molar-refractivity contribution in [2.24, 2.45) is 5.92 Å². The average Bonchev–Trinajstić information content (AvgIpc) is 2.59. The zero-order valence-corrected chi connectivity index (χ0v) is 13.7. The molecular weight excluding hydrogens is 306 g/mol. The lowest BCUT2D eigenvalue weighted by molar-refractivity contribution is 0.131. The fraction of sp³-hybridized carbons (Fsp3) is 0.333. The van der Waals surface area contributed by atoms with Gasteiger partial charge in [0.25, 0.3) is 5.56 Å². The SMILES string of the molecule is C[C@@H]1Nc2c(cc[nH]c2=O)C(NC(=O)OCc2ccccc2)[C@H]1C. The molecule has 0 spiro atoms. The van der Waals surface area contributed by atoms with Crippen LogP contribution in [0.15, 0.2) is 47.4 Å². The maximum atomic E-state index is 12.2. The van der Waals surface area contributed by atoms with Gasteiger partial charge in [-0.1, -0.05) is 37.3 Å². The van der Waals surface area contributed by atoms with E-state index in [-0.39, 0.29) is 30.2 Å². The van der Waals surface area contributed by atoms with E-state index in [0.717, 1.165) is 11.1 Å². The van der Waals surface area contributed by atoms with Crippen LogP contribution in [0, 0.1) is 5.92 Å². The van der Waals surface area contributed by atoms with Crippen molar-refractivity contribution in [1.29, 1.82) is 0 Å². The predicted molar refractivity (Wildman–Crippen MR) is 91.8 cm³/mol. The number of aromatic amines is 1. The van der Waals surface area contributed by atoms with Crippen molar-refractivity contribution >= 4 is 11.8 Å². The van der Waals surface area contributed by atoms with Crippen LogP contribution in [0.5, 0.6) is 0 Å². The van der Waals surface area contributed by atoms with E-state index in [0.29, 0.717) is 5.69 Å². The number of aromatic nitrogens is 1. The van der Waals surface area contributed by atoms with Crippen LogP contribution in [0.4, 0.5) is 10.5 Å². The Morgan fingerprint density at radius 3 is 2.71 bits per heavy atom. The fourth-order valence-corrected chi connectivity index (χ4v) is 2.93. The second-order valence-corrected chi connectivity index (χ2v) is 6.11. The Bertz CT molecular complexity index is 773. The van der Waals surface area contributed by atoms with Crippen molar-refractivity contribution < 1.29 is 9.53 Å². The molecule has 0 fully saturated rings. The number of carbonyl (C=O) groups excluding carboxylic acids is 1. The van der Waals surface area contributed by atoms with Crippen LogP contribution in [-0.2, 0) is 11.3 Å². The highest BCUT2D eigenvalue weighted by Crippen LogP contribution is 2.34. The first-order valence-electron chi connectivity index (χ1n) is 8.01. The van der Waals surface area contributed by atoms with E-state index >= 15 is 0 Å². The standard InChI is InChI=1S/C18H21N3O3/c1-11-12(2)20-16-14(8-9-19-17(16)22)15(11)21-18(23)24-10-13-6-4-3-5-7-13/h3-9,11-12,15,20H,10H2,1-2H3,(H,19,22)(H,21,23)/t11-,12-,15?/m0/s1. The molecule has 1 aromatic carbocycles. The van der Waals surface area contributed by atoms with E-state index in [1.54, 1.807) is 6.20 Å². The first-order chi connectivity index (χ1) is 11.6. The van der Waals surface area contributed by atoms with Gasteiger partial charge in [0.2, 0.25) is 0 Å².